The molecule has 4 aliphatic rings. The van der Waals surface area contributed by atoms with Crippen LogP contribution in [0.4, 0.5) is 38.5 Å². The highest BCUT2D eigenvalue weighted by Crippen LogP contribution is 2.46. The van der Waals surface area contributed by atoms with E-state index in [1.165, 1.54) is 37.9 Å². The predicted molar refractivity (Wildman–Crippen MR) is 291 cm³/mol. The molecule has 16 nitrogen and oxygen atoms in total. The Bertz CT molecular complexity index is 2900. The zero-order valence-electron chi connectivity index (χ0n) is 45.8. The number of amides is 6. The lowest BCUT2D eigenvalue weighted by atomic mass is 9.91. The topological polar surface area (TPSA) is 176 Å². The molecule has 426 valence electrons. The van der Waals surface area contributed by atoms with Gasteiger partial charge in [0.15, 0.2) is 0 Å². The number of halogens is 5. The third kappa shape index (κ3) is 13.2. The number of nitrogens with one attached hydrogen (secondary N) is 2. The van der Waals surface area contributed by atoms with E-state index in [1.807, 2.05) is 37.5 Å². The summed E-state index contributed by atoms with van der Waals surface area (Å²) in [6.45, 7) is 10.9. The Morgan fingerprint density at radius 3 is 1.43 bits per heavy atom. The first-order valence-electron chi connectivity index (χ1n) is 26.7. The number of hydrogen-bond donors (Lipinski definition) is 2. The molecule has 79 heavy (non-hydrogen) atoms. The van der Waals surface area contributed by atoms with Gasteiger partial charge in [-0.05, 0) is 138 Å². The molecular formula is C58H69BrF4N6O10. The van der Waals surface area contributed by atoms with Gasteiger partial charge in [0, 0.05) is 83.6 Å². The Balaban J connectivity index is 0.000000229. The van der Waals surface area contributed by atoms with Gasteiger partial charge in [-0.25, -0.2) is 27.2 Å². The van der Waals surface area contributed by atoms with E-state index in [1.54, 1.807) is 30.3 Å². The van der Waals surface area contributed by atoms with Crippen molar-refractivity contribution >= 4 is 63.1 Å². The van der Waals surface area contributed by atoms with Crippen molar-refractivity contribution in [2.75, 3.05) is 50.2 Å². The van der Waals surface area contributed by atoms with Crippen molar-refractivity contribution < 1.29 is 65.3 Å². The number of alkyl carbamates (subject to hydrolysis) is 2. The number of carbonyl (C=O) groups excluding carboxylic acids is 6. The molecule has 2 aliphatic heterocycles. The third-order valence-electron chi connectivity index (χ3n) is 14.9. The molecule has 6 amide bonds. The van der Waals surface area contributed by atoms with Gasteiger partial charge in [0.1, 0.15) is 34.8 Å². The minimum Gasteiger partial charge on any atom is -0.471 e. The summed E-state index contributed by atoms with van der Waals surface area (Å²) < 4.78 is 78.5. The maximum atomic E-state index is 14.2. The zero-order valence-corrected chi connectivity index (χ0v) is 47.4. The number of methoxy groups -OCH3 is 2. The standard InChI is InChI=1S/C29H34BrF2N3O5.C29H35F2N3O5/c1-17(2)35(21-8-6-5-7-9-21)26(36)22-15-24-25(16-23(22)30)40-29(3,18-12-19(31)14-20(32)13-18)27(37)34(24)11-10-33-28(38)39-4;1-18(2)34(23-8-6-5-7-9-23)26(35)19-10-11-25-24(14-19)33(13-12-32-28(37)38-4)27(36)29(3,39-25)20-15-21(30)17-22(31)16-20/h12-17,21H,5-11H2,1-4H3,(H,33,38);10-11,14-18,23H,5-9,12-13H2,1-4H3,(H,32,37). The molecule has 4 aromatic rings. The number of hydrogen-bond acceptors (Lipinski definition) is 10. The van der Waals surface area contributed by atoms with Crippen LogP contribution in [0.5, 0.6) is 11.5 Å². The lowest BCUT2D eigenvalue weighted by Crippen LogP contribution is -2.54. The van der Waals surface area contributed by atoms with Crippen LogP contribution in [0, 0.1) is 23.3 Å². The van der Waals surface area contributed by atoms with Gasteiger partial charge in [-0.3, -0.25) is 19.2 Å². The van der Waals surface area contributed by atoms with Crippen molar-refractivity contribution in [3.63, 3.8) is 0 Å². The van der Waals surface area contributed by atoms with E-state index in [2.05, 4.69) is 36.0 Å². The first kappa shape index (κ1) is 59.8. The Morgan fingerprint density at radius 2 is 1.01 bits per heavy atom. The number of fused-ring (bicyclic) bond motifs is 2. The Hall–Kier alpha value is -6.90. The van der Waals surface area contributed by atoms with Gasteiger partial charge in [0.25, 0.3) is 23.6 Å². The van der Waals surface area contributed by atoms with Crippen LogP contribution >= 0.6 is 15.9 Å². The summed E-state index contributed by atoms with van der Waals surface area (Å²) in [6.07, 6.45) is 9.01. The largest absolute Gasteiger partial charge is 0.471 e. The second-order valence-corrected chi connectivity index (χ2v) is 21.9. The molecule has 0 spiro atoms. The molecular weight excluding hydrogens is 1100 g/mol. The fourth-order valence-corrected chi connectivity index (χ4v) is 11.5. The average Bonchev–Trinajstić information content (AvgIpc) is 3.54. The summed E-state index contributed by atoms with van der Waals surface area (Å²) in [4.78, 5) is 85.4. The van der Waals surface area contributed by atoms with E-state index in [0.29, 0.717) is 33.0 Å². The Morgan fingerprint density at radius 1 is 0.608 bits per heavy atom. The molecule has 0 radical (unpaired) electrons. The van der Waals surface area contributed by atoms with Gasteiger partial charge in [0.2, 0.25) is 11.2 Å². The van der Waals surface area contributed by atoms with Gasteiger partial charge >= 0.3 is 12.2 Å². The van der Waals surface area contributed by atoms with Crippen molar-refractivity contribution in [1.82, 2.24) is 20.4 Å². The van der Waals surface area contributed by atoms with Crippen LogP contribution in [-0.4, -0.2) is 110 Å². The second kappa shape index (κ2) is 25.5. The van der Waals surface area contributed by atoms with Crippen molar-refractivity contribution in [2.24, 2.45) is 0 Å². The predicted octanol–water partition coefficient (Wildman–Crippen LogP) is 11.1. The lowest BCUT2D eigenvalue weighted by Gasteiger charge is -2.42. The minimum absolute atomic E-state index is 0.00464. The van der Waals surface area contributed by atoms with Crippen LogP contribution in [0.3, 0.4) is 0 Å². The molecule has 2 saturated carbocycles. The van der Waals surface area contributed by atoms with E-state index < -0.39 is 58.5 Å². The number of carbonyl (C=O) groups is 6. The SMILES string of the molecule is COC(=O)NCCN1C(=O)C(C)(c2cc(F)cc(F)c2)Oc2cc(Br)c(C(=O)N(C(C)C)C3CCCCC3)cc21.COC(=O)NCCN1C(=O)C(C)(c2cc(F)cc(F)c2)Oc2ccc(C(=O)N(C(C)C)C3CCCCC3)cc21. The van der Waals surface area contributed by atoms with Crippen LogP contribution < -0.4 is 29.9 Å². The molecule has 0 aromatic heterocycles. The zero-order chi connectivity index (χ0) is 57.5. The monoisotopic (exact) mass is 1160 g/mol. The van der Waals surface area contributed by atoms with Gasteiger partial charge in [0.05, 0.1) is 31.2 Å². The number of anilines is 2. The quantitative estimate of drug-likeness (QED) is 0.116. The molecule has 8 rings (SSSR count). The molecule has 2 unspecified atom stereocenters. The van der Waals surface area contributed by atoms with Crippen molar-refractivity contribution in [3.05, 3.63) is 117 Å². The number of nitrogens with zero attached hydrogens (tertiary/aromatic N) is 4. The molecule has 4 aromatic carbocycles. The van der Waals surface area contributed by atoms with E-state index in [-0.39, 0.29) is 84.8 Å². The summed E-state index contributed by atoms with van der Waals surface area (Å²) in [6, 6.07) is 13.9. The highest BCUT2D eigenvalue weighted by atomic mass is 79.9. The summed E-state index contributed by atoms with van der Waals surface area (Å²) in [5.41, 5.74) is -2.13. The maximum Gasteiger partial charge on any atom is 0.406 e. The molecule has 2 N–H and O–H groups in total. The Labute approximate surface area is 466 Å². The fourth-order valence-electron chi connectivity index (χ4n) is 11.0. The summed E-state index contributed by atoms with van der Waals surface area (Å²) in [5, 5.41) is 5.08. The lowest BCUT2D eigenvalue weighted by molar-refractivity contribution is -0.135. The molecule has 2 atom stereocenters. The highest BCUT2D eigenvalue weighted by Gasteiger charge is 2.49. The van der Waals surface area contributed by atoms with E-state index in [0.717, 1.165) is 94.5 Å². The fraction of sp³-hybridized carbons (Fsp3) is 0.483. The van der Waals surface area contributed by atoms with Gasteiger partial charge in [-0.2, -0.15) is 0 Å². The van der Waals surface area contributed by atoms with Crippen molar-refractivity contribution in [2.45, 2.75) is 141 Å². The van der Waals surface area contributed by atoms with Gasteiger partial charge < -0.3 is 49.2 Å². The minimum atomic E-state index is -1.78. The first-order valence-corrected chi connectivity index (χ1v) is 27.5. The van der Waals surface area contributed by atoms with E-state index in [9.17, 15) is 46.3 Å². The molecule has 2 heterocycles. The third-order valence-corrected chi connectivity index (χ3v) is 15.6. The van der Waals surface area contributed by atoms with E-state index in [4.69, 9.17) is 9.47 Å². The van der Waals surface area contributed by atoms with Crippen LogP contribution in [0.15, 0.2) is 71.2 Å². The molecule has 2 aliphatic carbocycles. The van der Waals surface area contributed by atoms with Gasteiger partial charge in [-0.15, -0.1) is 0 Å². The molecule has 2 fully saturated rings. The highest BCUT2D eigenvalue weighted by molar-refractivity contribution is 9.10. The van der Waals surface area contributed by atoms with E-state index >= 15 is 0 Å². The average molecular weight is 1170 g/mol. The number of ether oxygens (including phenoxy) is 4. The molecule has 21 heteroatoms. The Kier molecular flexibility index (Phi) is 19.3. The summed E-state index contributed by atoms with van der Waals surface area (Å²) in [7, 11) is 2.45. The van der Waals surface area contributed by atoms with Crippen LogP contribution in [0.25, 0.3) is 0 Å². The smallest absolute Gasteiger partial charge is 0.406 e. The summed E-state index contributed by atoms with van der Waals surface area (Å²) >= 11 is 3.53. The maximum absolute atomic E-state index is 14.2. The second-order valence-electron chi connectivity index (χ2n) is 21.0. The normalized spacial score (nSPS) is 19.3. The van der Waals surface area contributed by atoms with Crippen LogP contribution in [-0.2, 0) is 30.3 Å². The summed E-state index contributed by atoms with van der Waals surface area (Å²) in [5.74, 6) is -4.39. The molecule has 0 saturated heterocycles. The van der Waals surface area contributed by atoms with Crippen molar-refractivity contribution in [3.8, 4) is 11.5 Å². The number of benzene rings is 4. The molecule has 0 bridgehead atoms. The number of rotatable bonds is 14. The van der Waals surface area contributed by atoms with Crippen LogP contribution in [0.1, 0.15) is 138 Å². The first-order chi connectivity index (χ1) is 37.5. The van der Waals surface area contributed by atoms with Crippen LogP contribution in [0.2, 0.25) is 0 Å². The van der Waals surface area contributed by atoms with Gasteiger partial charge in [-0.1, -0.05) is 38.5 Å². The van der Waals surface area contributed by atoms with Crippen molar-refractivity contribution in [1.29, 1.82) is 0 Å².